The Balaban J connectivity index is 1.31. The average molecular weight is 908 g/mol. The highest BCUT2D eigenvalue weighted by molar-refractivity contribution is 5.96. The lowest BCUT2D eigenvalue weighted by Crippen LogP contribution is -2.60. The van der Waals surface area contributed by atoms with Crippen molar-refractivity contribution in [1.29, 1.82) is 0 Å². The maximum absolute atomic E-state index is 14.1. The molecular formula is C51H69N7O8. The molecule has 2 aromatic carbocycles. The molecule has 3 aliphatic rings. The lowest BCUT2D eigenvalue weighted by molar-refractivity contribution is -0.148. The summed E-state index contributed by atoms with van der Waals surface area (Å²) in [6.45, 7) is 20.5. The Morgan fingerprint density at radius 2 is 1.73 bits per heavy atom. The van der Waals surface area contributed by atoms with E-state index in [1.54, 1.807) is 27.9 Å². The number of methoxy groups -OCH3 is 1. The largest absolute Gasteiger partial charge is 0.480 e. The van der Waals surface area contributed by atoms with Crippen LogP contribution in [0.4, 0.5) is 10.5 Å². The van der Waals surface area contributed by atoms with Gasteiger partial charge in [-0.15, -0.1) is 0 Å². The van der Waals surface area contributed by atoms with Gasteiger partial charge in [0.25, 0.3) is 5.91 Å². The van der Waals surface area contributed by atoms with Gasteiger partial charge in [0, 0.05) is 81.1 Å². The summed E-state index contributed by atoms with van der Waals surface area (Å²) in [7, 11) is 1.72. The van der Waals surface area contributed by atoms with Crippen molar-refractivity contribution >= 4 is 40.5 Å². The normalized spacial score (nSPS) is 19.0. The molecule has 3 unspecified atom stereocenters. The third kappa shape index (κ3) is 11.2. The summed E-state index contributed by atoms with van der Waals surface area (Å²) in [5.41, 5.74) is 10.5. The lowest BCUT2D eigenvalue weighted by atomic mass is 9.84. The van der Waals surface area contributed by atoms with Crippen molar-refractivity contribution in [2.45, 2.75) is 130 Å². The summed E-state index contributed by atoms with van der Waals surface area (Å²) >= 11 is 0. The zero-order valence-corrected chi connectivity index (χ0v) is 40.2. The zero-order valence-electron chi connectivity index (χ0n) is 40.2. The first kappa shape index (κ1) is 48.4. The third-order valence-electron chi connectivity index (χ3n) is 13.1. The number of ether oxygens (including phenoxy) is 3. The number of carbonyl (C=O) groups excluding carboxylic acids is 3. The Morgan fingerprint density at radius 1 is 0.970 bits per heavy atom. The van der Waals surface area contributed by atoms with E-state index in [1.807, 2.05) is 37.4 Å². The fraction of sp³-hybridized carbons (Fsp3) is 0.549. The van der Waals surface area contributed by atoms with Crippen LogP contribution in [0.5, 0.6) is 0 Å². The molecule has 356 valence electrons. The van der Waals surface area contributed by atoms with Crippen molar-refractivity contribution in [3.63, 3.8) is 0 Å². The number of hydrogen-bond donors (Lipinski definition) is 3. The number of hydrazine groups is 1. The number of piperazine rings is 1. The molecule has 3 saturated heterocycles. The molecule has 5 heterocycles. The Hall–Kier alpha value is -5.51. The number of nitrogens with one attached hydrogen (secondary N) is 2. The van der Waals surface area contributed by atoms with Gasteiger partial charge in [0.2, 0.25) is 0 Å². The van der Waals surface area contributed by atoms with Crippen molar-refractivity contribution in [1.82, 2.24) is 30.2 Å². The Bertz CT molecular complexity index is 2420. The number of aliphatic carboxylic acids is 1. The number of carboxylic acids is 1. The van der Waals surface area contributed by atoms with Crippen LogP contribution in [0.15, 0.2) is 54.7 Å². The zero-order chi connectivity index (χ0) is 47.5. The molecule has 4 aromatic rings. The minimum atomic E-state index is -1.04. The predicted molar refractivity (Wildman–Crippen MR) is 255 cm³/mol. The van der Waals surface area contributed by atoms with Crippen LogP contribution in [-0.4, -0.2) is 119 Å². The van der Waals surface area contributed by atoms with E-state index in [4.69, 9.17) is 19.2 Å². The van der Waals surface area contributed by atoms with Crippen LogP contribution < -0.4 is 15.6 Å². The highest BCUT2D eigenvalue weighted by Crippen LogP contribution is 2.43. The van der Waals surface area contributed by atoms with Crippen LogP contribution in [0.1, 0.15) is 104 Å². The van der Waals surface area contributed by atoms with Gasteiger partial charge in [0.15, 0.2) is 0 Å². The number of carbonyl (C=O) groups is 4. The molecule has 0 saturated carbocycles. The smallest absolute Gasteiger partial charge is 0.408 e. The molecule has 0 aliphatic carbocycles. The number of rotatable bonds is 15. The standard InChI is InChI=1S/C51H69N7O8/c1-10-57-44-19-18-36(35-15-11-14-34(24-35)25-43(53-49(63)66-50(4,5)6)47(60)58-21-13-17-42(54-58)48(61)62)26-39(44)41(28-51(7,8)31-65-33(3)59)46(57)40-27-38(29-52-45(40)32(2)64-9)56-23-22-55-20-12-16-37(55)30-56/h11,14-15,18-19,24,26-27,29,32,37,42-43,54H,10,12-13,16-17,20-23,25,28,30-31H2,1-9H3,(H,53,63)(H,61,62)/t32-,37?,42?,43?/m0/s1. The number of fused-ring (bicyclic) bond motifs is 2. The Kier molecular flexibility index (Phi) is 14.8. The van der Waals surface area contributed by atoms with Gasteiger partial charge in [0.05, 0.1) is 36.0 Å². The van der Waals surface area contributed by atoms with Crippen molar-refractivity contribution in [2.75, 3.05) is 51.3 Å². The van der Waals surface area contributed by atoms with Gasteiger partial charge in [0.1, 0.15) is 17.7 Å². The second-order valence-corrected chi connectivity index (χ2v) is 20.0. The molecule has 3 N–H and O–H groups in total. The number of aromatic nitrogens is 2. The summed E-state index contributed by atoms with van der Waals surface area (Å²) in [5.74, 6) is -1.81. The van der Waals surface area contributed by atoms with Crippen LogP contribution in [0, 0.1) is 5.41 Å². The van der Waals surface area contributed by atoms with E-state index in [9.17, 15) is 24.3 Å². The number of benzene rings is 2. The number of amides is 2. The lowest BCUT2D eigenvalue weighted by Gasteiger charge is -2.39. The van der Waals surface area contributed by atoms with Gasteiger partial charge in [-0.25, -0.2) is 10.2 Å². The molecule has 4 atom stereocenters. The molecule has 0 radical (unpaired) electrons. The number of nitrogens with zero attached hydrogens (tertiary/aromatic N) is 5. The fourth-order valence-corrected chi connectivity index (χ4v) is 9.81. The van der Waals surface area contributed by atoms with E-state index in [2.05, 4.69) is 70.1 Å². The van der Waals surface area contributed by atoms with Crippen LogP contribution in [0.2, 0.25) is 0 Å². The van der Waals surface area contributed by atoms with Gasteiger partial charge in [-0.05, 0) is 114 Å². The molecule has 2 amide bonds. The maximum Gasteiger partial charge on any atom is 0.408 e. The molecule has 7 rings (SSSR count). The topological polar surface area (TPSA) is 168 Å². The van der Waals surface area contributed by atoms with E-state index in [0.29, 0.717) is 38.4 Å². The average Bonchev–Trinajstić information content (AvgIpc) is 3.88. The molecule has 0 bridgehead atoms. The molecular weight excluding hydrogens is 839 g/mol. The summed E-state index contributed by atoms with van der Waals surface area (Å²) in [4.78, 5) is 61.5. The second-order valence-electron chi connectivity index (χ2n) is 20.0. The highest BCUT2D eigenvalue weighted by atomic mass is 16.6. The quantitative estimate of drug-likeness (QED) is 0.101. The molecule has 3 aliphatic heterocycles. The minimum Gasteiger partial charge on any atom is -0.480 e. The van der Waals surface area contributed by atoms with Gasteiger partial charge in [-0.1, -0.05) is 44.2 Å². The van der Waals surface area contributed by atoms with Crippen LogP contribution in [0.25, 0.3) is 33.3 Å². The second kappa shape index (κ2) is 20.2. The molecule has 3 fully saturated rings. The van der Waals surface area contributed by atoms with Crippen LogP contribution in [0.3, 0.4) is 0 Å². The van der Waals surface area contributed by atoms with E-state index in [-0.39, 0.29) is 25.1 Å². The molecule has 66 heavy (non-hydrogen) atoms. The number of hydrogen-bond acceptors (Lipinski definition) is 11. The monoisotopic (exact) mass is 908 g/mol. The highest BCUT2D eigenvalue weighted by Gasteiger charge is 2.35. The minimum absolute atomic E-state index is 0.135. The molecule has 2 aromatic heterocycles. The van der Waals surface area contributed by atoms with Gasteiger partial charge >= 0.3 is 18.0 Å². The number of pyridine rings is 1. The first-order valence-corrected chi connectivity index (χ1v) is 23.5. The molecule has 15 nitrogen and oxygen atoms in total. The third-order valence-corrected chi connectivity index (χ3v) is 13.1. The van der Waals surface area contributed by atoms with Crippen molar-refractivity contribution in [3.05, 3.63) is 71.5 Å². The number of aryl methyl sites for hydroxylation is 1. The summed E-state index contributed by atoms with van der Waals surface area (Å²) in [6, 6.07) is 15.3. The fourth-order valence-electron chi connectivity index (χ4n) is 9.81. The SMILES string of the molecule is CCn1c(-c2cc(N3CCN4CCCC4C3)cnc2[C@H](C)OC)c(CC(C)(C)COC(C)=O)c2cc(-c3cccc(CC(NC(=O)OC(C)(C)C)C(=O)N4CCCC(C(=O)O)N4)c3)ccc21. The number of alkyl carbamates (subject to hydrolysis) is 1. The summed E-state index contributed by atoms with van der Waals surface area (Å²) in [5, 5.41) is 14.9. The van der Waals surface area contributed by atoms with Crippen LogP contribution in [-0.2, 0) is 48.0 Å². The Labute approximate surface area is 389 Å². The number of carboxylic acid groups (broad SMARTS) is 1. The first-order valence-electron chi connectivity index (χ1n) is 23.5. The number of anilines is 1. The summed E-state index contributed by atoms with van der Waals surface area (Å²) < 4.78 is 19.6. The molecule has 15 heteroatoms. The van der Waals surface area contributed by atoms with Crippen molar-refractivity contribution < 1.29 is 38.5 Å². The number of esters is 1. The van der Waals surface area contributed by atoms with Gasteiger partial charge < -0.3 is 34.1 Å². The Morgan fingerprint density at radius 3 is 2.44 bits per heavy atom. The van der Waals surface area contributed by atoms with E-state index in [0.717, 1.165) is 75.4 Å². The van der Waals surface area contributed by atoms with Crippen molar-refractivity contribution in [2.24, 2.45) is 5.41 Å². The van der Waals surface area contributed by atoms with E-state index in [1.165, 1.54) is 31.3 Å². The summed E-state index contributed by atoms with van der Waals surface area (Å²) in [6.07, 6.45) is 5.05. The first-order chi connectivity index (χ1) is 31.3. The van der Waals surface area contributed by atoms with E-state index >= 15 is 0 Å². The molecule has 0 spiro atoms. The predicted octanol–water partition coefficient (Wildman–Crippen LogP) is 7.53. The van der Waals surface area contributed by atoms with Crippen LogP contribution >= 0.6 is 0 Å². The van der Waals surface area contributed by atoms with Gasteiger partial charge in [-0.2, -0.15) is 0 Å². The van der Waals surface area contributed by atoms with Gasteiger partial charge in [-0.3, -0.25) is 29.3 Å². The van der Waals surface area contributed by atoms with E-state index < -0.39 is 41.1 Å². The maximum atomic E-state index is 14.1. The van der Waals surface area contributed by atoms with Crippen molar-refractivity contribution in [3.8, 4) is 22.4 Å².